The molecule has 0 saturated carbocycles. The molecule has 0 spiro atoms. The number of alkyl halides is 2. The summed E-state index contributed by atoms with van der Waals surface area (Å²) in [6, 6.07) is 0. The molecule has 1 aromatic rings. The minimum atomic E-state index is -2.40. The zero-order valence-electron chi connectivity index (χ0n) is 12.4. The van der Waals surface area contributed by atoms with E-state index in [4.69, 9.17) is 9.72 Å². The standard InChI is InChI=1S/C14H23F2N3O/c1-14(2,3)13-18-10-8-17-5-4-11(10)19(13)6-7-20-9-12(15)16/h12,17H,4-9H2,1-3H3. The quantitative estimate of drug-likeness (QED) is 0.843. The van der Waals surface area contributed by atoms with Crippen molar-refractivity contribution in [1.82, 2.24) is 14.9 Å². The fourth-order valence-electron chi connectivity index (χ4n) is 2.51. The Hall–Kier alpha value is -1.01. The SMILES string of the molecule is CC(C)(C)c1nc2c(n1CCOCC(F)F)CCNC2. The predicted octanol–water partition coefficient (Wildman–Crippen LogP) is 2.11. The summed E-state index contributed by atoms with van der Waals surface area (Å²) >= 11 is 0. The molecule has 0 amide bonds. The van der Waals surface area contributed by atoms with Crippen LogP contribution in [0.4, 0.5) is 8.78 Å². The van der Waals surface area contributed by atoms with Crippen LogP contribution in [0.3, 0.4) is 0 Å². The summed E-state index contributed by atoms with van der Waals surface area (Å²) in [5.74, 6) is 1.01. The number of hydrogen-bond acceptors (Lipinski definition) is 3. The number of hydrogen-bond donors (Lipinski definition) is 1. The molecule has 4 nitrogen and oxygen atoms in total. The van der Waals surface area contributed by atoms with Gasteiger partial charge in [0.25, 0.3) is 6.43 Å². The number of imidazole rings is 1. The molecule has 2 rings (SSSR count). The van der Waals surface area contributed by atoms with E-state index in [1.807, 2.05) is 0 Å². The number of ether oxygens (including phenoxy) is 1. The van der Waals surface area contributed by atoms with Crippen LogP contribution in [-0.2, 0) is 29.7 Å². The van der Waals surface area contributed by atoms with Crippen LogP contribution in [0.1, 0.15) is 38.0 Å². The molecule has 0 saturated heterocycles. The van der Waals surface area contributed by atoms with Crippen molar-refractivity contribution in [3.63, 3.8) is 0 Å². The second-order valence-electron chi connectivity index (χ2n) is 6.12. The van der Waals surface area contributed by atoms with Crippen molar-refractivity contribution in [3.8, 4) is 0 Å². The molecule has 1 aliphatic rings. The number of halogens is 2. The Kier molecular flexibility index (Phi) is 4.75. The van der Waals surface area contributed by atoms with Crippen LogP contribution in [-0.4, -0.2) is 35.7 Å². The van der Waals surface area contributed by atoms with Crippen LogP contribution in [0.15, 0.2) is 0 Å². The van der Waals surface area contributed by atoms with Gasteiger partial charge in [0.2, 0.25) is 0 Å². The van der Waals surface area contributed by atoms with Crippen molar-refractivity contribution in [2.75, 3.05) is 19.8 Å². The maximum Gasteiger partial charge on any atom is 0.261 e. The first-order valence-electron chi connectivity index (χ1n) is 7.05. The van der Waals surface area contributed by atoms with E-state index in [9.17, 15) is 8.78 Å². The molecule has 0 radical (unpaired) electrons. The van der Waals surface area contributed by atoms with E-state index in [2.05, 4.69) is 30.7 Å². The molecule has 2 heterocycles. The lowest BCUT2D eigenvalue weighted by Gasteiger charge is -2.22. The lowest BCUT2D eigenvalue weighted by molar-refractivity contribution is 0.0142. The van der Waals surface area contributed by atoms with Gasteiger partial charge in [0, 0.05) is 37.2 Å². The normalized spacial score (nSPS) is 15.7. The molecular weight excluding hydrogens is 264 g/mol. The summed E-state index contributed by atoms with van der Waals surface area (Å²) < 4.78 is 31.3. The third-order valence-electron chi connectivity index (χ3n) is 3.36. The summed E-state index contributed by atoms with van der Waals surface area (Å²) in [7, 11) is 0. The van der Waals surface area contributed by atoms with Gasteiger partial charge in [-0.2, -0.15) is 0 Å². The molecule has 0 unspecified atom stereocenters. The Morgan fingerprint density at radius 1 is 1.40 bits per heavy atom. The summed E-state index contributed by atoms with van der Waals surface area (Å²) in [6.45, 7) is 8.44. The van der Waals surface area contributed by atoms with Crippen molar-refractivity contribution in [3.05, 3.63) is 17.2 Å². The van der Waals surface area contributed by atoms with Gasteiger partial charge in [0.1, 0.15) is 12.4 Å². The summed E-state index contributed by atoms with van der Waals surface area (Å²) in [6.07, 6.45) is -1.48. The fourth-order valence-corrected chi connectivity index (χ4v) is 2.51. The fraction of sp³-hybridized carbons (Fsp3) is 0.786. The van der Waals surface area contributed by atoms with Crippen molar-refractivity contribution < 1.29 is 13.5 Å². The van der Waals surface area contributed by atoms with Gasteiger partial charge in [0.15, 0.2) is 0 Å². The predicted molar refractivity (Wildman–Crippen MR) is 73.2 cm³/mol. The lowest BCUT2D eigenvalue weighted by Crippen LogP contribution is -2.26. The van der Waals surface area contributed by atoms with Gasteiger partial charge in [-0.1, -0.05) is 20.8 Å². The van der Waals surface area contributed by atoms with Gasteiger partial charge < -0.3 is 14.6 Å². The zero-order valence-corrected chi connectivity index (χ0v) is 12.4. The Morgan fingerprint density at radius 2 is 2.15 bits per heavy atom. The molecule has 1 N–H and O–H groups in total. The van der Waals surface area contributed by atoms with E-state index in [0.717, 1.165) is 31.0 Å². The van der Waals surface area contributed by atoms with Crippen LogP contribution < -0.4 is 5.32 Å². The maximum absolute atomic E-state index is 12.1. The number of rotatable bonds is 5. The Morgan fingerprint density at radius 3 is 2.80 bits per heavy atom. The molecule has 114 valence electrons. The maximum atomic E-state index is 12.1. The Labute approximate surface area is 118 Å². The highest BCUT2D eigenvalue weighted by atomic mass is 19.3. The first-order chi connectivity index (χ1) is 9.39. The van der Waals surface area contributed by atoms with Crippen molar-refractivity contribution in [2.45, 2.75) is 52.1 Å². The second-order valence-corrected chi connectivity index (χ2v) is 6.12. The third-order valence-corrected chi connectivity index (χ3v) is 3.36. The molecule has 0 aliphatic carbocycles. The monoisotopic (exact) mass is 287 g/mol. The summed E-state index contributed by atoms with van der Waals surface area (Å²) in [5.41, 5.74) is 2.23. The minimum Gasteiger partial charge on any atom is -0.374 e. The number of aromatic nitrogens is 2. The van der Waals surface area contributed by atoms with Crippen molar-refractivity contribution in [1.29, 1.82) is 0 Å². The van der Waals surface area contributed by atoms with Crippen LogP contribution in [0.2, 0.25) is 0 Å². The lowest BCUT2D eigenvalue weighted by atomic mass is 9.95. The van der Waals surface area contributed by atoms with Crippen LogP contribution in [0.5, 0.6) is 0 Å². The van der Waals surface area contributed by atoms with E-state index in [-0.39, 0.29) is 5.41 Å². The minimum absolute atomic E-state index is 0.0694. The summed E-state index contributed by atoms with van der Waals surface area (Å²) in [4.78, 5) is 4.73. The number of fused-ring (bicyclic) bond motifs is 1. The van der Waals surface area contributed by atoms with Crippen LogP contribution in [0.25, 0.3) is 0 Å². The highest BCUT2D eigenvalue weighted by molar-refractivity contribution is 5.23. The highest BCUT2D eigenvalue weighted by Gasteiger charge is 2.26. The molecule has 1 aromatic heterocycles. The van der Waals surface area contributed by atoms with E-state index in [1.165, 1.54) is 5.69 Å². The van der Waals surface area contributed by atoms with Gasteiger partial charge in [-0.05, 0) is 0 Å². The second kappa shape index (κ2) is 6.18. The highest BCUT2D eigenvalue weighted by Crippen LogP contribution is 2.26. The van der Waals surface area contributed by atoms with Crippen LogP contribution in [0, 0.1) is 0 Å². The van der Waals surface area contributed by atoms with E-state index in [0.29, 0.717) is 13.2 Å². The largest absolute Gasteiger partial charge is 0.374 e. The summed E-state index contributed by atoms with van der Waals surface area (Å²) in [5, 5.41) is 3.31. The van der Waals surface area contributed by atoms with E-state index >= 15 is 0 Å². The van der Waals surface area contributed by atoms with E-state index < -0.39 is 13.0 Å². The number of nitrogens with one attached hydrogen (secondary N) is 1. The molecule has 0 atom stereocenters. The van der Waals surface area contributed by atoms with E-state index in [1.54, 1.807) is 0 Å². The van der Waals surface area contributed by atoms with Gasteiger partial charge in [-0.3, -0.25) is 0 Å². The number of nitrogens with zero attached hydrogens (tertiary/aromatic N) is 2. The molecule has 6 heteroatoms. The first-order valence-corrected chi connectivity index (χ1v) is 7.05. The average molecular weight is 287 g/mol. The molecular formula is C14H23F2N3O. The molecule has 1 aliphatic heterocycles. The third kappa shape index (κ3) is 3.55. The first kappa shape index (κ1) is 15.4. The Bertz CT molecular complexity index is 452. The van der Waals surface area contributed by atoms with Gasteiger partial charge >= 0.3 is 0 Å². The van der Waals surface area contributed by atoms with Gasteiger partial charge in [-0.15, -0.1) is 0 Å². The topological polar surface area (TPSA) is 39.1 Å². The van der Waals surface area contributed by atoms with Crippen molar-refractivity contribution >= 4 is 0 Å². The van der Waals surface area contributed by atoms with Gasteiger partial charge in [-0.25, -0.2) is 13.8 Å². The zero-order chi connectivity index (χ0) is 14.8. The van der Waals surface area contributed by atoms with Gasteiger partial charge in [0.05, 0.1) is 12.3 Å². The Balaban J connectivity index is 2.14. The average Bonchev–Trinajstić information content (AvgIpc) is 2.73. The van der Waals surface area contributed by atoms with Crippen molar-refractivity contribution in [2.24, 2.45) is 0 Å². The smallest absolute Gasteiger partial charge is 0.261 e. The van der Waals surface area contributed by atoms with Crippen LogP contribution >= 0.6 is 0 Å². The molecule has 20 heavy (non-hydrogen) atoms. The molecule has 0 fully saturated rings. The molecule has 0 bridgehead atoms. The molecule has 0 aromatic carbocycles.